The smallest absolute Gasteiger partial charge is 0.404 e. The topological polar surface area (TPSA) is 133 Å². The van der Waals surface area contributed by atoms with Crippen molar-refractivity contribution >= 4 is 29.1 Å². The van der Waals surface area contributed by atoms with Gasteiger partial charge in [0.1, 0.15) is 5.82 Å². The predicted molar refractivity (Wildman–Crippen MR) is 123 cm³/mol. The highest BCUT2D eigenvalue weighted by Crippen LogP contribution is 2.29. The van der Waals surface area contributed by atoms with E-state index >= 15 is 0 Å². The van der Waals surface area contributed by atoms with Gasteiger partial charge in [0.05, 0.1) is 18.1 Å². The summed E-state index contributed by atoms with van der Waals surface area (Å²) in [5, 5.41) is 26.0. The number of piperidine rings is 1. The number of aromatic nitrogens is 1. The van der Waals surface area contributed by atoms with Crippen molar-refractivity contribution < 1.29 is 19.6 Å². The van der Waals surface area contributed by atoms with Crippen molar-refractivity contribution in [1.29, 1.82) is 0 Å². The van der Waals surface area contributed by atoms with E-state index in [1.54, 1.807) is 6.07 Å². The summed E-state index contributed by atoms with van der Waals surface area (Å²) in [5.41, 5.74) is 1.77. The van der Waals surface area contributed by atoms with Crippen LogP contribution in [-0.2, 0) is 11.3 Å². The Morgan fingerprint density at radius 3 is 2.45 bits per heavy atom. The molecule has 1 aromatic carbocycles. The maximum Gasteiger partial charge on any atom is 0.404 e. The van der Waals surface area contributed by atoms with Crippen LogP contribution in [0.4, 0.5) is 27.8 Å². The number of carbonyl (C=O) groups is 1. The molecular formula is C22H28N6O5. The summed E-state index contributed by atoms with van der Waals surface area (Å²) in [5.74, 6) is 0.897. The Labute approximate surface area is 191 Å². The van der Waals surface area contributed by atoms with Crippen molar-refractivity contribution in [2.45, 2.75) is 25.4 Å². The van der Waals surface area contributed by atoms with E-state index in [0.717, 1.165) is 43.7 Å². The Kier molecular flexibility index (Phi) is 7.20. The predicted octanol–water partition coefficient (Wildman–Crippen LogP) is 2.80. The average Bonchev–Trinajstić information content (AvgIpc) is 2.82. The van der Waals surface area contributed by atoms with Crippen molar-refractivity contribution in [2.24, 2.45) is 0 Å². The molecule has 11 nitrogen and oxygen atoms in total. The molecule has 2 aromatic rings. The highest BCUT2D eigenvalue weighted by molar-refractivity contribution is 5.68. The van der Waals surface area contributed by atoms with Gasteiger partial charge in [-0.1, -0.05) is 12.1 Å². The normalized spacial score (nSPS) is 17.5. The van der Waals surface area contributed by atoms with Crippen molar-refractivity contribution in [1.82, 2.24) is 15.2 Å². The minimum absolute atomic E-state index is 0.0156. The molecule has 2 fully saturated rings. The van der Waals surface area contributed by atoms with Gasteiger partial charge < -0.3 is 25.4 Å². The molecule has 176 valence electrons. The molecule has 2 saturated heterocycles. The number of rotatable bonds is 7. The van der Waals surface area contributed by atoms with Gasteiger partial charge in [0.15, 0.2) is 0 Å². The van der Waals surface area contributed by atoms with E-state index < -0.39 is 11.0 Å². The molecule has 0 unspecified atom stereocenters. The fourth-order valence-corrected chi connectivity index (χ4v) is 4.15. The monoisotopic (exact) mass is 456 g/mol. The van der Waals surface area contributed by atoms with Crippen LogP contribution in [-0.4, -0.2) is 71.4 Å². The summed E-state index contributed by atoms with van der Waals surface area (Å²) in [6, 6.07) is 10.9. The van der Waals surface area contributed by atoms with E-state index in [9.17, 15) is 14.9 Å². The Morgan fingerprint density at radius 2 is 1.82 bits per heavy atom. The Hall–Kier alpha value is -3.44. The third-order valence-corrected chi connectivity index (χ3v) is 5.93. The van der Waals surface area contributed by atoms with Crippen molar-refractivity contribution in [2.75, 3.05) is 49.6 Å². The Bertz CT molecular complexity index is 972. The maximum atomic E-state index is 11.5. The molecule has 3 N–H and O–H groups in total. The molecule has 1 aromatic heterocycles. The molecule has 2 aliphatic rings. The van der Waals surface area contributed by atoms with Crippen LogP contribution >= 0.6 is 0 Å². The van der Waals surface area contributed by atoms with E-state index in [1.165, 1.54) is 6.07 Å². The lowest BCUT2D eigenvalue weighted by Gasteiger charge is -2.31. The van der Waals surface area contributed by atoms with E-state index in [-0.39, 0.29) is 17.5 Å². The lowest BCUT2D eigenvalue weighted by molar-refractivity contribution is -0.384. The number of morpholine rings is 1. The van der Waals surface area contributed by atoms with Gasteiger partial charge in [-0.2, -0.15) is 0 Å². The SMILES string of the molecule is O=C(O)NC1CCN(Cc2ccc(Nc3nc(N4CCOCC4)ccc3[N+](=O)[O-])cc2)CC1. The molecule has 0 bridgehead atoms. The van der Waals surface area contributed by atoms with Gasteiger partial charge in [0, 0.05) is 50.5 Å². The quantitative estimate of drug-likeness (QED) is 0.425. The minimum Gasteiger partial charge on any atom is -0.465 e. The number of pyridine rings is 1. The number of hydrogen-bond donors (Lipinski definition) is 3. The number of likely N-dealkylation sites (tertiary alicyclic amines) is 1. The van der Waals surface area contributed by atoms with Gasteiger partial charge in [-0.05, 0) is 36.6 Å². The fourth-order valence-electron chi connectivity index (χ4n) is 4.15. The number of nitro groups is 1. The van der Waals surface area contributed by atoms with Gasteiger partial charge in [0.25, 0.3) is 0 Å². The van der Waals surface area contributed by atoms with E-state index in [4.69, 9.17) is 9.84 Å². The van der Waals surface area contributed by atoms with Gasteiger partial charge in [-0.25, -0.2) is 9.78 Å². The van der Waals surface area contributed by atoms with Crippen molar-refractivity contribution in [3.8, 4) is 0 Å². The van der Waals surface area contributed by atoms with E-state index in [0.29, 0.717) is 32.1 Å². The number of amides is 1. The van der Waals surface area contributed by atoms with Gasteiger partial charge in [-0.15, -0.1) is 0 Å². The summed E-state index contributed by atoms with van der Waals surface area (Å²) < 4.78 is 5.37. The molecule has 1 amide bonds. The number of nitrogens with one attached hydrogen (secondary N) is 2. The molecule has 0 saturated carbocycles. The molecule has 0 atom stereocenters. The lowest BCUT2D eigenvalue weighted by Crippen LogP contribution is -2.43. The highest BCUT2D eigenvalue weighted by Gasteiger charge is 2.21. The first-order chi connectivity index (χ1) is 16.0. The molecule has 11 heteroatoms. The summed E-state index contributed by atoms with van der Waals surface area (Å²) in [6.07, 6.45) is 0.614. The Balaban J connectivity index is 1.39. The minimum atomic E-state index is -0.971. The molecule has 33 heavy (non-hydrogen) atoms. The highest BCUT2D eigenvalue weighted by atomic mass is 16.6. The van der Waals surface area contributed by atoms with Crippen LogP contribution < -0.4 is 15.5 Å². The largest absolute Gasteiger partial charge is 0.465 e. The number of ether oxygens (including phenoxy) is 1. The molecule has 0 radical (unpaired) electrons. The van der Waals surface area contributed by atoms with Gasteiger partial charge in [0.2, 0.25) is 5.82 Å². The first-order valence-electron chi connectivity index (χ1n) is 11.0. The molecule has 4 rings (SSSR count). The second kappa shape index (κ2) is 10.5. The first-order valence-corrected chi connectivity index (χ1v) is 11.0. The van der Waals surface area contributed by atoms with Crippen LogP contribution in [0.2, 0.25) is 0 Å². The average molecular weight is 457 g/mol. The third kappa shape index (κ3) is 6.08. The molecule has 2 aliphatic heterocycles. The zero-order valence-electron chi connectivity index (χ0n) is 18.3. The maximum absolute atomic E-state index is 11.5. The number of anilines is 3. The van der Waals surface area contributed by atoms with Crippen LogP contribution in [0.3, 0.4) is 0 Å². The van der Waals surface area contributed by atoms with Crippen LogP contribution in [0.5, 0.6) is 0 Å². The van der Waals surface area contributed by atoms with Crippen LogP contribution in [0.15, 0.2) is 36.4 Å². The molecule has 0 aliphatic carbocycles. The van der Waals surface area contributed by atoms with Crippen molar-refractivity contribution in [3.63, 3.8) is 0 Å². The molecule has 0 spiro atoms. The first kappa shape index (κ1) is 22.7. The summed E-state index contributed by atoms with van der Waals surface area (Å²) in [6.45, 7) is 5.04. The second-order valence-electron chi connectivity index (χ2n) is 8.22. The number of carboxylic acid groups (broad SMARTS) is 1. The summed E-state index contributed by atoms with van der Waals surface area (Å²) in [7, 11) is 0. The van der Waals surface area contributed by atoms with Crippen LogP contribution in [0.25, 0.3) is 0 Å². The lowest BCUT2D eigenvalue weighted by atomic mass is 10.0. The van der Waals surface area contributed by atoms with Gasteiger partial charge >= 0.3 is 11.8 Å². The Morgan fingerprint density at radius 1 is 1.12 bits per heavy atom. The standard InChI is InChI=1S/C22H28N6O5/c29-22(30)24-18-7-9-26(10-8-18)15-16-1-3-17(4-2-16)23-21-19(28(31)32)5-6-20(25-21)27-11-13-33-14-12-27/h1-6,18,24H,7-15H2,(H,23,25)(H,29,30). The summed E-state index contributed by atoms with van der Waals surface area (Å²) >= 11 is 0. The van der Waals surface area contributed by atoms with E-state index in [1.807, 2.05) is 24.3 Å². The fraction of sp³-hybridized carbons (Fsp3) is 0.455. The molecule has 3 heterocycles. The zero-order chi connectivity index (χ0) is 23.2. The van der Waals surface area contributed by atoms with E-state index in [2.05, 4.69) is 25.4 Å². The number of nitrogens with zero attached hydrogens (tertiary/aromatic N) is 4. The van der Waals surface area contributed by atoms with Crippen molar-refractivity contribution in [3.05, 3.63) is 52.1 Å². The van der Waals surface area contributed by atoms with Crippen LogP contribution in [0.1, 0.15) is 18.4 Å². The molecular weight excluding hydrogens is 428 g/mol. The van der Waals surface area contributed by atoms with Crippen LogP contribution in [0, 0.1) is 10.1 Å². The number of benzene rings is 1. The summed E-state index contributed by atoms with van der Waals surface area (Å²) in [4.78, 5) is 30.7. The zero-order valence-corrected chi connectivity index (χ0v) is 18.3. The van der Waals surface area contributed by atoms with Gasteiger partial charge in [-0.3, -0.25) is 15.0 Å². The number of hydrogen-bond acceptors (Lipinski definition) is 8. The second-order valence-corrected chi connectivity index (χ2v) is 8.22. The third-order valence-electron chi connectivity index (χ3n) is 5.93.